The van der Waals surface area contributed by atoms with E-state index in [0.29, 0.717) is 50.9 Å². The highest BCUT2D eigenvalue weighted by Gasteiger charge is 2.34. The average molecular weight is 705 g/mol. The fraction of sp³-hybridized carbons (Fsp3) is 0.265. The molecule has 0 aliphatic carbocycles. The maximum Gasteiger partial charge on any atom is 0.338 e. The van der Waals surface area contributed by atoms with Crippen LogP contribution in [-0.4, -0.2) is 47.3 Å². The lowest BCUT2D eigenvalue weighted by atomic mass is 9.95. The summed E-state index contributed by atoms with van der Waals surface area (Å²) >= 11 is 1.12. The number of carbonyl (C=O) groups excluding carboxylic acids is 1. The number of non-ortho nitro benzene ring substituents is 1. The van der Waals surface area contributed by atoms with E-state index in [2.05, 4.69) is 4.99 Å². The summed E-state index contributed by atoms with van der Waals surface area (Å²) in [5.41, 5.74) is 0.246. The van der Waals surface area contributed by atoms with Crippen molar-refractivity contribution in [2.75, 3.05) is 26.9 Å². The second kappa shape index (κ2) is 15.0. The summed E-state index contributed by atoms with van der Waals surface area (Å²) in [6.07, 6.45) is 1.62. The number of hydrogen-bond donors (Lipinski definition) is 0. The number of nitro benzene ring substituents is 2. The fourth-order valence-corrected chi connectivity index (χ4v) is 6.37. The van der Waals surface area contributed by atoms with Crippen LogP contribution < -0.4 is 33.8 Å². The van der Waals surface area contributed by atoms with Gasteiger partial charge in [0, 0.05) is 6.07 Å². The molecule has 4 aromatic rings. The molecule has 0 saturated heterocycles. The van der Waals surface area contributed by atoms with E-state index in [1.54, 1.807) is 50.3 Å². The summed E-state index contributed by atoms with van der Waals surface area (Å²) in [7, 11) is 1.37. The van der Waals surface area contributed by atoms with Crippen LogP contribution in [0.2, 0.25) is 0 Å². The van der Waals surface area contributed by atoms with Gasteiger partial charge in [0.25, 0.3) is 11.2 Å². The van der Waals surface area contributed by atoms with Gasteiger partial charge in [0.2, 0.25) is 5.75 Å². The molecule has 1 aliphatic rings. The molecule has 0 unspecified atom stereocenters. The minimum atomic E-state index is -0.884. The predicted molar refractivity (Wildman–Crippen MR) is 182 cm³/mol. The largest absolute Gasteiger partial charge is 0.493 e. The van der Waals surface area contributed by atoms with Crippen molar-refractivity contribution >= 4 is 34.8 Å². The molecule has 2 heterocycles. The second-order valence-electron chi connectivity index (χ2n) is 10.6. The van der Waals surface area contributed by atoms with Gasteiger partial charge >= 0.3 is 11.7 Å². The van der Waals surface area contributed by atoms with Gasteiger partial charge < -0.3 is 23.7 Å². The Labute approximate surface area is 288 Å². The lowest BCUT2D eigenvalue weighted by Gasteiger charge is -2.25. The number of rotatable bonds is 13. The van der Waals surface area contributed by atoms with Gasteiger partial charge in [-0.2, -0.15) is 0 Å². The van der Waals surface area contributed by atoms with Gasteiger partial charge in [0.05, 0.1) is 64.7 Å². The maximum absolute atomic E-state index is 14.1. The first-order chi connectivity index (χ1) is 24.0. The van der Waals surface area contributed by atoms with Crippen LogP contribution >= 0.6 is 11.3 Å². The van der Waals surface area contributed by atoms with Gasteiger partial charge in [-0.05, 0) is 75.2 Å². The van der Waals surface area contributed by atoms with E-state index in [9.17, 15) is 29.8 Å². The van der Waals surface area contributed by atoms with E-state index < -0.39 is 38.8 Å². The van der Waals surface area contributed by atoms with Crippen molar-refractivity contribution in [3.05, 3.63) is 117 Å². The van der Waals surface area contributed by atoms with Gasteiger partial charge in [0.1, 0.15) is 0 Å². The van der Waals surface area contributed by atoms with Crippen LogP contribution in [0.1, 0.15) is 44.9 Å². The van der Waals surface area contributed by atoms with E-state index in [-0.39, 0.29) is 29.4 Å². The quantitative estimate of drug-likeness (QED) is 0.101. The van der Waals surface area contributed by atoms with Gasteiger partial charge in [-0.1, -0.05) is 23.5 Å². The highest BCUT2D eigenvalue weighted by Crippen LogP contribution is 2.39. The fourth-order valence-electron chi connectivity index (χ4n) is 5.32. The van der Waals surface area contributed by atoms with Crippen molar-refractivity contribution in [3.63, 3.8) is 0 Å². The van der Waals surface area contributed by atoms with E-state index in [4.69, 9.17) is 23.7 Å². The molecule has 16 heteroatoms. The van der Waals surface area contributed by atoms with Crippen LogP contribution in [-0.2, 0) is 9.53 Å². The third-order valence-corrected chi connectivity index (χ3v) is 8.44. The average Bonchev–Trinajstić information content (AvgIpc) is 3.39. The highest BCUT2D eigenvalue weighted by atomic mass is 32.1. The molecule has 3 aromatic carbocycles. The summed E-state index contributed by atoms with van der Waals surface area (Å²) in [5.74, 6) is 0.422. The van der Waals surface area contributed by atoms with Crippen molar-refractivity contribution in [2.45, 2.75) is 33.7 Å². The minimum absolute atomic E-state index is 0.0957. The molecule has 0 amide bonds. The van der Waals surface area contributed by atoms with Crippen LogP contribution in [0.3, 0.4) is 0 Å². The zero-order chi connectivity index (χ0) is 36.1. The molecule has 0 radical (unpaired) electrons. The molecule has 50 heavy (non-hydrogen) atoms. The van der Waals surface area contributed by atoms with Crippen LogP contribution in [0.5, 0.6) is 28.7 Å². The Morgan fingerprint density at radius 2 is 1.60 bits per heavy atom. The molecule has 0 fully saturated rings. The van der Waals surface area contributed by atoms with E-state index in [0.717, 1.165) is 29.5 Å². The number of nitrogens with zero attached hydrogens (tertiary/aromatic N) is 4. The van der Waals surface area contributed by atoms with E-state index in [1.165, 1.54) is 17.7 Å². The Hall–Kier alpha value is -6.03. The summed E-state index contributed by atoms with van der Waals surface area (Å²) in [6, 6.07) is 12.1. The van der Waals surface area contributed by atoms with Crippen molar-refractivity contribution in [2.24, 2.45) is 4.99 Å². The number of carbonyl (C=O) groups is 1. The lowest BCUT2D eigenvalue weighted by molar-refractivity contribution is -0.394. The molecular weight excluding hydrogens is 672 g/mol. The van der Waals surface area contributed by atoms with Gasteiger partial charge in [-0.15, -0.1) is 0 Å². The van der Waals surface area contributed by atoms with Gasteiger partial charge in [-0.25, -0.2) is 9.79 Å². The topological polar surface area (TPSA) is 184 Å². The number of allylic oxidation sites excluding steroid dienone is 1. The van der Waals surface area contributed by atoms with Crippen molar-refractivity contribution in [1.82, 2.24) is 4.57 Å². The van der Waals surface area contributed by atoms with Gasteiger partial charge in [0.15, 0.2) is 27.8 Å². The summed E-state index contributed by atoms with van der Waals surface area (Å²) in [5, 5.41) is 22.7. The Balaban J connectivity index is 1.60. The molecular formula is C34H32N4O11S. The smallest absolute Gasteiger partial charge is 0.338 e. The summed E-state index contributed by atoms with van der Waals surface area (Å²) < 4.78 is 29.9. The van der Waals surface area contributed by atoms with Crippen molar-refractivity contribution < 1.29 is 38.3 Å². The van der Waals surface area contributed by atoms with E-state index >= 15 is 0 Å². The van der Waals surface area contributed by atoms with Gasteiger partial charge in [-0.3, -0.25) is 29.6 Å². The van der Waals surface area contributed by atoms with Crippen LogP contribution in [0.4, 0.5) is 11.4 Å². The second-order valence-corrected chi connectivity index (χ2v) is 11.6. The molecule has 5 rings (SSSR count). The highest BCUT2D eigenvalue weighted by molar-refractivity contribution is 7.07. The Bertz CT molecular complexity index is 2210. The van der Waals surface area contributed by atoms with E-state index in [1.807, 2.05) is 13.8 Å². The normalized spacial score (nSPS) is 14.0. The van der Waals surface area contributed by atoms with Crippen LogP contribution in [0.25, 0.3) is 6.08 Å². The Morgan fingerprint density at radius 1 is 0.900 bits per heavy atom. The summed E-state index contributed by atoms with van der Waals surface area (Å²) in [4.78, 5) is 53.7. The standard InChI is InChI=1S/C34H32N4O11S/c1-6-46-25-13-10-21(17-28(25)47-7-2)31-30(33(40)48-8-3)19(4)35-34-36(31)32(39)29(50-34)16-20-9-12-26(27(15-20)45-5)49-24-14-11-22(37(41)42)18-23(24)38(43)44/h9-18,31H,6-8H2,1-5H3/b29-16-/t31-/m1/s1. The third-order valence-electron chi connectivity index (χ3n) is 7.46. The number of esters is 1. The van der Waals surface area contributed by atoms with Crippen molar-refractivity contribution in [1.29, 1.82) is 0 Å². The minimum Gasteiger partial charge on any atom is -0.493 e. The van der Waals surface area contributed by atoms with Crippen LogP contribution in [0, 0.1) is 20.2 Å². The lowest BCUT2D eigenvalue weighted by Crippen LogP contribution is -2.40. The first kappa shape index (κ1) is 35.3. The first-order valence-corrected chi connectivity index (χ1v) is 16.2. The number of thiazole rings is 1. The number of nitro groups is 2. The predicted octanol–water partition coefficient (Wildman–Crippen LogP) is 5.21. The molecule has 0 saturated carbocycles. The third kappa shape index (κ3) is 7.05. The molecule has 1 atom stereocenters. The Morgan fingerprint density at radius 3 is 2.26 bits per heavy atom. The molecule has 15 nitrogen and oxygen atoms in total. The molecule has 1 aromatic heterocycles. The molecule has 0 N–H and O–H groups in total. The number of benzene rings is 3. The van der Waals surface area contributed by atoms with Crippen LogP contribution in [0.15, 0.2) is 75.7 Å². The maximum atomic E-state index is 14.1. The van der Waals surface area contributed by atoms with Crippen molar-refractivity contribution in [3.8, 4) is 28.7 Å². The zero-order valence-corrected chi connectivity index (χ0v) is 28.5. The molecule has 0 bridgehead atoms. The SMILES string of the molecule is CCOC(=O)C1=C(C)N=c2s/c(=C\c3ccc(Oc4ccc([N+](=O)[O-])cc4[N+](=O)[O-])c(OC)c3)c(=O)n2[C@@H]1c1ccc(OCC)c(OCC)c1. The number of hydrogen-bond acceptors (Lipinski definition) is 13. The first-order valence-electron chi connectivity index (χ1n) is 15.4. The molecule has 1 aliphatic heterocycles. The zero-order valence-electron chi connectivity index (χ0n) is 27.7. The number of fused-ring (bicyclic) bond motifs is 1. The summed E-state index contributed by atoms with van der Waals surface area (Å²) in [6.45, 7) is 7.98. The molecule has 0 spiro atoms. The number of methoxy groups -OCH3 is 1. The number of aromatic nitrogens is 1. The molecule has 260 valence electrons. The number of ether oxygens (including phenoxy) is 5. The monoisotopic (exact) mass is 704 g/mol. The Kier molecular flexibility index (Phi) is 10.6.